The van der Waals surface area contributed by atoms with E-state index in [1.807, 2.05) is 6.08 Å². The number of nitrogens with one attached hydrogen (secondary N) is 1. The first kappa shape index (κ1) is 55.8. The van der Waals surface area contributed by atoms with E-state index in [9.17, 15) is 15.0 Å². The lowest BCUT2D eigenvalue weighted by molar-refractivity contribution is -0.123. The Morgan fingerprint density at radius 2 is 0.759 bits per heavy atom. The third-order valence-electron chi connectivity index (χ3n) is 11.2. The molecule has 0 saturated carbocycles. The molecule has 0 spiro atoms. The molecule has 0 aromatic carbocycles. The summed E-state index contributed by atoms with van der Waals surface area (Å²) in [6, 6.07) is -0.644. The van der Waals surface area contributed by atoms with Gasteiger partial charge in [-0.1, -0.05) is 247 Å². The number of allylic oxidation sites excluding steroid dienone is 11. The molecule has 0 heterocycles. The molecule has 0 rings (SSSR count). The van der Waals surface area contributed by atoms with Gasteiger partial charge >= 0.3 is 0 Å². The molecule has 58 heavy (non-hydrogen) atoms. The summed E-state index contributed by atoms with van der Waals surface area (Å²) >= 11 is 0. The van der Waals surface area contributed by atoms with Crippen molar-refractivity contribution in [2.24, 2.45) is 0 Å². The number of carbonyl (C=O) groups excluding carboxylic acids is 1. The molecular weight excluding hydrogens is 711 g/mol. The number of unbranched alkanes of at least 4 members (excludes halogenated alkanes) is 28. The number of hydrogen-bond donors (Lipinski definition) is 3. The smallest absolute Gasteiger partial charge is 0.220 e. The van der Waals surface area contributed by atoms with Crippen molar-refractivity contribution in [3.05, 3.63) is 72.9 Å². The third kappa shape index (κ3) is 44.9. The molecule has 2 atom stereocenters. The van der Waals surface area contributed by atoms with Crippen molar-refractivity contribution in [3.63, 3.8) is 0 Å². The summed E-state index contributed by atoms with van der Waals surface area (Å²) < 4.78 is 0. The highest BCUT2D eigenvalue weighted by atomic mass is 16.3. The second-order valence-corrected chi connectivity index (χ2v) is 16.9. The first-order valence-electron chi connectivity index (χ1n) is 25.2. The van der Waals surface area contributed by atoms with Crippen molar-refractivity contribution in [1.29, 1.82) is 0 Å². The maximum Gasteiger partial charge on any atom is 0.220 e. The first-order valence-corrected chi connectivity index (χ1v) is 25.2. The fraction of sp³-hybridized carbons (Fsp3) is 0.759. The topological polar surface area (TPSA) is 69.6 Å². The molecule has 1 amide bonds. The van der Waals surface area contributed by atoms with Gasteiger partial charge in [-0.25, -0.2) is 0 Å². The van der Waals surface area contributed by atoms with E-state index in [4.69, 9.17) is 0 Å². The molecule has 3 N–H and O–H groups in total. The van der Waals surface area contributed by atoms with E-state index in [0.717, 1.165) is 70.6 Å². The predicted octanol–water partition coefficient (Wildman–Crippen LogP) is 16.2. The molecule has 0 aliphatic carbocycles. The maximum absolute atomic E-state index is 12.4. The van der Waals surface area contributed by atoms with Crippen LogP contribution in [0.3, 0.4) is 0 Å². The Morgan fingerprint density at radius 3 is 1.14 bits per heavy atom. The summed E-state index contributed by atoms with van der Waals surface area (Å²) in [5.41, 5.74) is 0. The quantitative estimate of drug-likeness (QED) is 0.0424. The van der Waals surface area contributed by atoms with Gasteiger partial charge in [0.05, 0.1) is 18.8 Å². The fourth-order valence-corrected chi connectivity index (χ4v) is 7.38. The highest BCUT2D eigenvalue weighted by Crippen LogP contribution is 2.16. The summed E-state index contributed by atoms with van der Waals surface area (Å²) in [5, 5.41) is 23.1. The number of aliphatic hydroxyl groups is 2. The predicted molar refractivity (Wildman–Crippen MR) is 257 cm³/mol. The third-order valence-corrected chi connectivity index (χ3v) is 11.2. The monoisotopic (exact) mass is 808 g/mol. The minimum atomic E-state index is -0.858. The molecule has 336 valence electrons. The van der Waals surface area contributed by atoms with Crippen LogP contribution in [0.5, 0.6) is 0 Å². The van der Waals surface area contributed by atoms with Crippen molar-refractivity contribution in [2.75, 3.05) is 6.61 Å². The number of carbonyl (C=O) groups is 1. The van der Waals surface area contributed by atoms with E-state index in [-0.39, 0.29) is 12.5 Å². The molecule has 0 aromatic heterocycles. The lowest BCUT2D eigenvalue weighted by Gasteiger charge is -2.19. The van der Waals surface area contributed by atoms with E-state index >= 15 is 0 Å². The zero-order valence-electron chi connectivity index (χ0n) is 38.5. The lowest BCUT2D eigenvalue weighted by Crippen LogP contribution is -2.45. The van der Waals surface area contributed by atoms with Crippen molar-refractivity contribution in [2.45, 2.75) is 257 Å². The van der Waals surface area contributed by atoms with Crippen molar-refractivity contribution in [3.8, 4) is 0 Å². The Morgan fingerprint density at radius 1 is 0.431 bits per heavy atom. The second-order valence-electron chi connectivity index (χ2n) is 16.9. The van der Waals surface area contributed by atoms with Crippen LogP contribution in [0.4, 0.5) is 0 Å². The van der Waals surface area contributed by atoms with Gasteiger partial charge in [0.1, 0.15) is 0 Å². The van der Waals surface area contributed by atoms with Crippen LogP contribution in [0.15, 0.2) is 72.9 Å². The average Bonchev–Trinajstić information content (AvgIpc) is 3.23. The molecular formula is C54H97NO3. The molecule has 0 radical (unpaired) electrons. The number of rotatable bonds is 45. The normalized spacial score (nSPS) is 13.5. The van der Waals surface area contributed by atoms with Crippen molar-refractivity contribution in [1.82, 2.24) is 5.32 Å². The van der Waals surface area contributed by atoms with Gasteiger partial charge in [-0.3, -0.25) is 4.79 Å². The van der Waals surface area contributed by atoms with Crippen LogP contribution in [-0.4, -0.2) is 34.9 Å². The Labute approximate surface area is 361 Å². The second kappa shape index (κ2) is 49.2. The molecule has 0 bridgehead atoms. The first-order chi connectivity index (χ1) is 28.7. The summed E-state index contributed by atoms with van der Waals surface area (Å²) in [6.07, 6.45) is 70.4. The van der Waals surface area contributed by atoms with Crippen LogP contribution in [0.25, 0.3) is 0 Å². The lowest BCUT2D eigenvalue weighted by atomic mass is 10.0. The van der Waals surface area contributed by atoms with Gasteiger partial charge in [-0.15, -0.1) is 0 Å². The van der Waals surface area contributed by atoms with E-state index < -0.39 is 12.1 Å². The van der Waals surface area contributed by atoms with Crippen LogP contribution >= 0.6 is 0 Å². The van der Waals surface area contributed by atoms with Crippen LogP contribution in [-0.2, 0) is 4.79 Å². The van der Waals surface area contributed by atoms with E-state index in [1.165, 1.54) is 154 Å². The number of hydrogen-bond acceptors (Lipinski definition) is 3. The minimum Gasteiger partial charge on any atom is -0.394 e. The fourth-order valence-electron chi connectivity index (χ4n) is 7.38. The molecule has 2 unspecified atom stereocenters. The van der Waals surface area contributed by atoms with Crippen LogP contribution in [0.2, 0.25) is 0 Å². The van der Waals surface area contributed by atoms with Crippen LogP contribution in [0.1, 0.15) is 245 Å². The molecule has 4 nitrogen and oxygen atoms in total. The largest absolute Gasteiger partial charge is 0.394 e. The number of aliphatic hydroxyl groups excluding tert-OH is 2. The molecule has 0 aromatic rings. The van der Waals surface area contributed by atoms with E-state index in [1.54, 1.807) is 6.08 Å². The number of amides is 1. The minimum absolute atomic E-state index is 0.0957. The SMILES string of the molecule is CC/C=C\C/C=C\C/C=C\C/C=C\C/C=C\CCCCCC(=O)NC(CO)C(O)/C=C/CCCCCCCCCCCCCCCCCCCCCCCCCCC. The van der Waals surface area contributed by atoms with Crippen LogP contribution in [0, 0.1) is 0 Å². The average molecular weight is 808 g/mol. The summed E-state index contributed by atoms with van der Waals surface area (Å²) in [5.74, 6) is -0.0957. The standard InChI is InChI=1S/C54H97NO3/c1-3-5-7-9-11-13-15-17-19-21-23-24-25-26-27-28-29-30-32-33-35-37-39-41-43-45-47-49-53(57)52(51-56)55-54(58)50-48-46-44-42-40-38-36-34-31-22-20-18-16-14-12-10-8-6-4-2/h6,8,12,14,18,20,31,34,38,40,47,49,52-53,56-57H,3-5,7,9-11,13,15-17,19,21-30,32-33,35-37,39,41-46,48,50-51H2,1-2H3,(H,55,58)/b8-6-,14-12-,20-18-,34-31-,40-38-,49-47+. The molecule has 0 aliphatic rings. The van der Waals surface area contributed by atoms with Gasteiger partial charge in [0.15, 0.2) is 0 Å². The van der Waals surface area contributed by atoms with Gasteiger partial charge in [0.2, 0.25) is 5.91 Å². The van der Waals surface area contributed by atoms with E-state index in [2.05, 4.69) is 79.9 Å². The Balaban J connectivity index is 3.57. The highest BCUT2D eigenvalue weighted by molar-refractivity contribution is 5.76. The Bertz CT molecular complexity index is 1010. The zero-order valence-corrected chi connectivity index (χ0v) is 38.5. The van der Waals surface area contributed by atoms with Crippen molar-refractivity contribution < 1.29 is 15.0 Å². The van der Waals surface area contributed by atoms with Gasteiger partial charge < -0.3 is 15.5 Å². The summed E-state index contributed by atoms with van der Waals surface area (Å²) in [4.78, 5) is 12.4. The summed E-state index contributed by atoms with van der Waals surface area (Å²) in [7, 11) is 0. The highest BCUT2D eigenvalue weighted by Gasteiger charge is 2.17. The molecule has 4 heteroatoms. The molecule has 0 saturated heterocycles. The van der Waals surface area contributed by atoms with Gasteiger partial charge in [0.25, 0.3) is 0 Å². The van der Waals surface area contributed by atoms with Gasteiger partial charge in [-0.05, 0) is 64.2 Å². The zero-order chi connectivity index (χ0) is 42.1. The van der Waals surface area contributed by atoms with Crippen molar-refractivity contribution >= 4 is 5.91 Å². The maximum atomic E-state index is 12.4. The van der Waals surface area contributed by atoms with E-state index in [0.29, 0.717) is 6.42 Å². The Hall–Kier alpha value is -2.17. The van der Waals surface area contributed by atoms with Crippen LogP contribution < -0.4 is 5.32 Å². The molecule has 0 aliphatic heterocycles. The van der Waals surface area contributed by atoms with Gasteiger partial charge in [-0.2, -0.15) is 0 Å². The van der Waals surface area contributed by atoms with Gasteiger partial charge in [0, 0.05) is 6.42 Å². The Kier molecular flexibility index (Phi) is 47.4. The summed E-state index contributed by atoms with van der Waals surface area (Å²) in [6.45, 7) is 4.19. The molecule has 0 fully saturated rings.